The number of nitrogens with zero attached hydrogens (tertiary/aromatic N) is 2. The van der Waals surface area contributed by atoms with Gasteiger partial charge in [0.1, 0.15) is 5.69 Å². The van der Waals surface area contributed by atoms with Crippen LogP contribution in [0.25, 0.3) is 0 Å². The molecule has 8 heteroatoms. The highest BCUT2D eigenvalue weighted by atomic mass is 35.5. The molecule has 1 rings (SSSR count). The average molecular weight is 250 g/mol. The minimum Gasteiger partial charge on any atom is -0.755 e. The van der Waals surface area contributed by atoms with Crippen molar-refractivity contribution in [3.8, 4) is 0 Å². The molecule has 6 nitrogen and oxygen atoms in total. The fourth-order valence-corrected chi connectivity index (χ4v) is 1.72. The number of benzene rings is 1. The lowest BCUT2D eigenvalue weighted by Gasteiger charge is -2.21. The fourth-order valence-electron chi connectivity index (χ4n) is 1.04. The van der Waals surface area contributed by atoms with Crippen molar-refractivity contribution in [2.45, 2.75) is 0 Å². The molecule has 0 bridgehead atoms. The van der Waals surface area contributed by atoms with Crippen LogP contribution in [-0.2, 0) is 11.3 Å². The van der Waals surface area contributed by atoms with Gasteiger partial charge in [-0.15, -0.1) is 0 Å². The zero-order valence-corrected chi connectivity index (χ0v) is 9.12. The molecular formula is C7H6ClN2O4S-. The zero-order chi connectivity index (χ0) is 11.6. The maximum Gasteiger partial charge on any atom is 0.294 e. The zero-order valence-electron chi connectivity index (χ0n) is 7.55. The molecule has 0 aliphatic rings. The third-order valence-corrected chi connectivity index (χ3v) is 2.64. The van der Waals surface area contributed by atoms with Crippen molar-refractivity contribution in [3.63, 3.8) is 0 Å². The first-order valence-electron chi connectivity index (χ1n) is 3.71. The van der Waals surface area contributed by atoms with Crippen LogP contribution < -0.4 is 4.31 Å². The molecule has 0 aromatic heterocycles. The van der Waals surface area contributed by atoms with Gasteiger partial charge in [0.2, 0.25) is 0 Å². The Labute approximate surface area is 93.0 Å². The molecule has 15 heavy (non-hydrogen) atoms. The van der Waals surface area contributed by atoms with Gasteiger partial charge in [0.05, 0.1) is 9.95 Å². The molecule has 1 unspecified atom stereocenters. The van der Waals surface area contributed by atoms with Crippen molar-refractivity contribution < 1.29 is 13.7 Å². The molecule has 0 aliphatic heterocycles. The highest BCUT2D eigenvalue weighted by Gasteiger charge is 2.20. The van der Waals surface area contributed by atoms with Crippen LogP contribution in [0, 0.1) is 10.1 Å². The molecular weight excluding hydrogens is 244 g/mol. The van der Waals surface area contributed by atoms with Crippen LogP contribution in [0.15, 0.2) is 18.2 Å². The van der Waals surface area contributed by atoms with E-state index >= 15 is 0 Å². The van der Waals surface area contributed by atoms with Gasteiger partial charge >= 0.3 is 0 Å². The van der Waals surface area contributed by atoms with E-state index in [-0.39, 0.29) is 16.4 Å². The number of nitro benzene ring substituents is 1. The second-order valence-electron chi connectivity index (χ2n) is 2.58. The van der Waals surface area contributed by atoms with Gasteiger partial charge in [-0.05, 0) is 6.07 Å². The predicted molar refractivity (Wildman–Crippen MR) is 55.4 cm³/mol. The number of anilines is 1. The summed E-state index contributed by atoms with van der Waals surface area (Å²) in [6.07, 6.45) is 0. The molecule has 0 radical (unpaired) electrons. The maximum absolute atomic E-state index is 10.7. The van der Waals surface area contributed by atoms with Gasteiger partial charge in [0.25, 0.3) is 5.69 Å². The third kappa shape index (κ3) is 2.44. The Morgan fingerprint density at radius 1 is 1.53 bits per heavy atom. The van der Waals surface area contributed by atoms with Crippen molar-refractivity contribution in [1.29, 1.82) is 0 Å². The first-order chi connectivity index (χ1) is 6.95. The summed E-state index contributed by atoms with van der Waals surface area (Å²) in [6.45, 7) is 0. The Kier molecular flexibility index (Phi) is 3.61. The number of hydrogen-bond donors (Lipinski definition) is 0. The van der Waals surface area contributed by atoms with Crippen molar-refractivity contribution in [2.75, 3.05) is 11.4 Å². The Bertz CT molecular complexity index is 425. The van der Waals surface area contributed by atoms with Gasteiger partial charge in [-0.1, -0.05) is 17.7 Å². The van der Waals surface area contributed by atoms with Crippen molar-refractivity contribution in [3.05, 3.63) is 33.3 Å². The van der Waals surface area contributed by atoms with E-state index in [0.29, 0.717) is 4.31 Å². The summed E-state index contributed by atoms with van der Waals surface area (Å²) in [5.41, 5.74) is -0.494. The van der Waals surface area contributed by atoms with E-state index < -0.39 is 16.2 Å². The molecule has 1 aromatic rings. The predicted octanol–water partition coefficient (Wildman–Crippen LogP) is 1.48. The minimum atomic E-state index is -2.60. The van der Waals surface area contributed by atoms with Crippen molar-refractivity contribution >= 4 is 34.2 Å². The molecule has 1 aromatic carbocycles. The maximum atomic E-state index is 10.7. The number of nitro groups is 1. The van der Waals surface area contributed by atoms with Gasteiger partial charge in [-0.3, -0.25) is 18.6 Å². The lowest BCUT2D eigenvalue weighted by Crippen LogP contribution is -2.20. The lowest BCUT2D eigenvalue weighted by atomic mass is 10.3. The quantitative estimate of drug-likeness (QED) is 0.461. The Hall–Kier alpha value is -1.18. The van der Waals surface area contributed by atoms with Crippen LogP contribution in [0.2, 0.25) is 5.02 Å². The Morgan fingerprint density at radius 3 is 2.60 bits per heavy atom. The van der Waals surface area contributed by atoms with Crippen LogP contribution in [0.4, 0.5) is 11.4 Å². The second kappa shape index (κ2) is 4.56. The van der Waals surface area contributed by atoms with Crippen molar-refractivity contribution in [1.82, 2.24) is 0 Å². The van der Waals surface area contributed by atoms with Crippen LogP contribution >= 0.6 is 11.6 Å². The van der Waals surface area contributed by atoms with E-state index in [2.05, 4.69) is 0 Å². The van der Waals surface area contributed by atoms with E-state index in [9.17, 15) is 18.9 Å². The highest BCUT2D eigenvalue weighted by molar-refractivity contribution is 7.80. The molecule has 0 spiro atoms. The first kappa shape index (κ1) is 11.9. The molecule has 82 valence electrons. The monoisotopic (exact) mass is 249 g/mol. The van der Waals surface area contributed by atoms with E-state index in [4.69, 9.17) is 11.6 Å². The molecule has 0 fully saturated rings. The fraction of sp³-hybridized carbons (Fsp3) is 0.143. The SMILES string of the molecule is CN(c1c(Cl)cccc1[N+](=O)[O-])S(=O)[O-]. The standard InChI is InChI=1S/C7H7ClN2O4S/c1-9(15(13)14)7-5(8)3-2-4-6(7)10(11)12/h2-4H,1H3,(H,13,14)/p-1. The average Bonchev–Trinajstić information content (AvgIpc) is 2.16. The third-order valence-electron chi connectivity index (χ3n) is 1.70. The summed E-state index contributed by atoms with van der Waals surface area (Å²) in [5.74, 6) is 0. The van der Waals surface area contributed by atoms with Gasteiger partial charge in [-0.25, -0.2) is 0 Å². The van der Waals surface area contributed by atoms with Crippen molar-refractivity contribution in [2.24, 2.45) is 0 Å². The molecule has 0 N–H and O–H groups in total. The van der Waals surface area contributed by atoms with Crippen LogP contribution in [0.1, 0.15) is 0 Å². The summed E-state index contributed by atoms with van der Waals surface area (Å²) in [6, 6.07) is 3.95. The molecule has 0 saturated heterocycles. The summed E-state index contributed by atoms with van der Waals surface area (Å²) < 4.78 is 22.1. The smallest absolute Gasteiger partial charge is 0.294 e. The van der Waals surface area contributed by atoms with E-state index in [1.54, 1.807) is 0 Å². The van der Waals surface area contributed by atoms with E-state index in [0.717, 1.165) is 0 Å². The van der Waals surface area contributed by atoms with Gasteiger partial charge in [-0.2, -0.15) is 0 Å². The van der Waals surface area contributed by atoms with E-state index in [1.807, 2.05) is 0 Å². The minimum absolute atomic E-state index is 0.0101. The number of halogens is 1. The number of rotatable bonds is 3. The van der Waals surface area contributed by atoms with E-state index in [1.165, 1.54) is 25.2 Å². The molecule has 0 heterocycles. The van der Waals surface area contributed by atoms with Crippen LogP contribution in [0.3, 0.4) is 0 Å². The lowest BCUT2D eigenvalue weighted by molar-refractivity contribution is -0.384. The Morgan fingerprint density at radius 2 is 2.13 bits per heavy atom. The number of hydrogen-bond acceptors (Lipinski definition) is 4. The normalized spacial score (nSPS) is 12.2. The molecule has 0 saturated carbocycles. The summed E-state index contributed by atoms with van der Waals surface area (Å²) in [5, 5.41) is 10.6. The van der Waals surface area contributed by atoms with Crippen LogP contribution in [-0.4, -0.2) is 20.7 Å². The molecule has 0 amide bonds. The number of para-hydroxylation sites is 1. The Balaban J connectivity index is 3.37. The second-order valence-corrected chi connectivity index (χ2v) is 3.97. The van der Waals surface area contributed by atoms with Gasteiger partial charge in [0, 0.05) is 24.4 Å². The molecule has 0 aliphatic carbocycles. The van der Waals surface area contributed by atoms with Crippen LogP contribution in [0.5, 0.6) is 0 Å². The highest BCUT2D eigenvalue weighted by Crippen LogP contribution is 2.34. The first-order valence-corrected chi connectivity index (χ1v) is 5.12. The largest absolute Gasteiger partial charge is 0.755 e. The summed E-state index contributed by atoms with van der Waals surface area (Å²) in [7, 11) is 1.18. The van der Waals surface area contributed by atoms with Gasteiger partial charge < -0.3 is 4.55 Å². The van der Waals surface area contributed by atoms with Gasteiger partial charge in [0.15, 0.2) is 0 Å². The summed E-state index contributed by atoms with van der Waals surface area (Å²) >= 11 is 3.09. The molecule has 1 atom stereocenters. The summed E-state index contributed by atoms with van der Waals surface area (Å²) in [4.78, 5) is 9.93. The topological polar surface area (TPSA) is 86.5 Å².